The van der Waals surface area contributed by atoms with Crippen LogP contribution in [-0.2, 0) is 21.9 Å². The minimum absolute atomic E-state index is 0.0461. The standard InChI is InChI=1S/C12H17N3O5S/c1-12(11(17)18)4-3-5-15(12)21(19,20)8-6-9(10(13)16)14(2)7-8/h6-7H,3-5H2,1-2H3,(H2,13,16)(H,17,18). The van der Waals surface area contributed by atoms with Crippen molar-refractivity contribution in [2.75, 3.05) is 6.54 Å². The highest BCUT2D eigenvalue weighted by Crippen LogP contribution is 2.35. The highest BCUT2D eigenvalue weighted by Gasteiger charge is 2.50. The Kier molecular flexibility index (Phi) is 3.58. The van der Waals surface area contributed by atoms with Crippen molar-refractivity contribution >= 4 is 21.9 Å². The number of hydrogen-bond acceptors (Lipinski definition) is 4. The molecule has 1 aromatic heterocycles. The molecule has 1 aromatic rings. The molecule has 0 saturated carbocycles. The zero-order valence-corrected chi connectivity index (χ0v) is 12.6. The Morgan fingerprint density at radius 2 is 2.05 bits per heavy atom. The zero-order valence-electron chi connectivity index (χ0n) is 11.7. The van der Waals surface area contributed by atoms with Gasteiger partial charge in [0.25, 0.3) is 5.91 Å². The lowest BCUT2D eigenvalue weighted by molar-refractivity contribution is -0.146. The summed E-state index contributed by atoms with van der Waals surface area (Å²) in [5.41, 5.74) is 3.74. The topological polar surface area (TPSA) is 123 Å². The summed E-state index contributed by atoms with van der Waals surface area (Å²) >= 11 is 0. The van der Waals surface area contributed by atoms with Gasteiger partial charge in [0.1, 0.15) is 16.1 Å². The second-order valence-corrected chi connectivity index (χ2v) is 7.16. The number of carboxylic acid groups (broad SMARTS) is 1. The third kappa shape index (κ3) is 2.32. The summed E-state index contributed by atoms with van der Waals surface area (Å²) in [7, 11) is -2.50. The van der Waals surface area contributed by atoms with E-state index in [1.807, 2.05) is 0 Å². The van der Waals surface area contributed by atoms with E-state index in [1.165, 1.54) is 24.7 Å². The number of carboxylic acids is 1. The molecule has 0 aromatic carbocycles. The Balaban J connectivity index is 2.50. The molecule has 8 nitrogen and oxygen atoms in total. The number of amides is 1. The highest BCUT2D eigenvalue weighted by atomic mass is 32.2. The van der Waals surface area contributed by atoms with Crippen molar-refractivity contribution in [2.24, 2.45) is 12.8 Å². The SMILES string of the molecule is Cn1cc(S(=O)(=O)N2CCCC2(C)C(=O)O)cc1C(N)=O. The summed E-state index contributed by atoms with van der Waals surface area (Å²) in [5, 5.41) is 9.32. The number of aryl methyl sites for hydroxylation is 1. The second kappa shape index (κ2) is 4.85. The number of carbonyl (C=O) groups is 2. The van der Waals surface area contributed by atoms with Gasteiger partial charge in [-0.3, -0.25) is 9.59 Å². The number of aliphatic carboxylic acids is 1. The average Bonchev–Trinajstić information content (AvgIpc) is 2.94. The van der Waals surface area contributed by atoms with Crippen molar-refractivity contribution in [2.45, 2.75) is 30.2 Å². The molecule has 0 spiro atoms. The zero-order chi connectivity index (χ0) is 16.0. The van der Waals surface area contributed by atoms with Gasteiger partial charge in [0, 0.05) is 19.8 Å². The van der Waals surface area contributed by atoms with Crippen molar-refractivity contribution in [3.05, 3.63) is 18.0 Å². The molecule has 1 atom stereocenters. The van der Waals surface area contributed by atoms with Crippen LogP contribution in [0.3, 0.4) is 0 Å². The monoisotopic (exact) mass is 315 g/mol. The van der Waals surface area contributed by atoms with Crippen molar-refractivity contribution in [3.63, 3.8) is 0 Å². The summed E-state index contributed by atoms with van der Waals surface area (Å²) in [6.07, 6.45) is 1.98. The van der Waals surface area contributed by atoms with Crippen LogP contribution in [0.15, 0.2) is 17.2 Å². The number of sulfonamides is 1. The fourth-order valence-corrected chi connectivity index (χ4v) is 4.46. The third-order valence-electron chi connectivity index (χ3n) is 3.86. The molecule has 2 heterocycles. The fraction of sp³-hybridized carbons (Fsp3) is 0.500. The first kappa shape index (κ1) is 15.5. The Hall–Kier alpha value is -1.87. The minimum atomic E-state index is -4.00. The van der Waals surface area contributed by atoms with Crippen molar-refractivity contribution in [1.82, 2.24) is 8.87 Å². The third-order valence-corrected chi connectivity index (χ3v) is 5.84. The van der Waals surface area contributed by atoms with Crippen molar-refractivity contribution in [1.29, 1.82) is 0 Å². The van der Waals surface area contributed by atoms with Gasteiger partial charge in [-0.1, -0.05) is 0 Å². The molecular formula is C12H17N3O5S. The number of carbonyl (C=O) groups excluding carboxylic acids is 1. The maximum atomic E-state index is 12.6. The molecule has 2 rings (SSSR count). The number of primary amides is 1. The van der Waals surface area contributed by atoms with Gasteiger partial charge in [0.15, 0.2) is 0 Å². The van der Waals surface area contributed by atoms with Gasteiger partial charge in [0.05, 0.1) is 0 Å². The van der Waals surface area contributed by atoms with Crippen LogP contribution in [0.4, 0.5) is 0 Å². The summed E-state index contributed by atoms with van der Waals surface area (Å²) < 4.78 is 27.6. The second-order valence-electron chi connectivity index (χ2n) is 5.30. The van der Waals surface area contributed by atoms with Gasteiger partial charge in [-0.15, -0.1) is 0 Å². The molecule has 3 N–H and O–H groups in total. The molecule has 0 bridgehead atoms. The molecule has 0 radical (unpaired) electrons. The van der Waals surface area contributed by atoms with Crippen LogP contribution in [0.2, 0.25) is 0 Å². The van der Waals surface area contributed by atoms with Gasteiger partial charge in [-0.25, -0.2) is 8.42 Å². The van der Waals surface area contributed by atoms with E-state index in [0.717, 1.165) is 10.4 Å². The maximum Gasteiger partial charge on any atom is 0.324 e. The van der Waals surface area contributed by atoms with E-state index in [1.54, 1.807) is 0 Å². The molecule has 1 fully saturated rings. The first-order valence-electron chi connectivity index (χ1n) is 6.33. The van der Waals surface area contributed by atoms with Crippen LogP contribution in [-0.4, -0.2) is 46.4 Å². The number of nitrogens with two attached hydrogens (primary N) is 1. The predicted molar refractivity (Wildman–Crippen MR) is 73.1 cm³/mol. The molecular weight excluding hydrogens is 298 g/mol. The summed E-state index contributed by atoms with van der Waals surface area (Å²) in [4.78, 5) is 22.5. The lowest BCUT2D eigenvalue weighted by Gasteiger charge is -2.29. The molecule has 1 unspecified atom stereocenters. The van der Waals surface area contributed by atoms with Crippen LogP contribution in [0, 0.1) is 0 Å². The van der Waals surface area contributed by atoms with Crippen LogP contribution >= 0.6 is 0 Å². The minimum Gasteiger partial charge on any atom is -0.480 e. The van der Waals surface area contributed by atoms with Crippen LogP contribution in [0.5, 0.6) is 0 Å². The van der Waals surface area contributed by atoms with E-state index in [2.05, 4.69) is 0 Å². The summed E-state index contributed by atoms with van der Waals surface area (Å²) in [5.74, 6) is -1.93. The van der Waals surface area contributed by atoms with Gasteiger partial charge in [-0.05, 0) is 25.8 Å². The summed E-state index contributed by atoms with van der Waals surface area (Å²) in [6.45, 7) is 1.52. The molecule has 21 heavy (non-hydrogen) atoms. The molecule has 9 heteroatoms. The Morgan fingerprint density at radius 1 is 1.43 bits per heavy atom. The van der Waals surface area contributed by atoms with E-state index in [-0.39, 0.29) is 23.6 Å². The van der Waals surface area contributed by atoms with E-state index >= 15 is 0 Å². The van der Waals surface area contributed by atoms with Gasteiger partial charge in [0.2, 0.25) is 10.0 Å². The molecule has 1 aliphatic rings. The largest absolute Gasteiger partial charge is 0.480 e. The van der Waals surface area contributed by atoms with E-state index in [9.17, 15) is 23.1 Å². The first-order chi connectivity index (χ1) is 9.60. The molecule has 1 aliphatic heterocycles. The van der Waals surface area contributed by atoms with Crippen molar-refractivity contribution in [3.8, 4) is 0 Å². The number of nitrogens with zero attached hydrogens (tertiary/aromatic N) is 2. The average molecular weight is 315 g/mol. The summed E-state index contributed by atoms with van der Waals surface area (Å²) in [6, 6.07) is 1.16. The normalized spacial score (nSPS) is 23.3. The Morgan fingerprint density at radius 3 is 2.52 bits per heavy atom. The van der Waals surface area contributed by atoms with Gasteiger partial charge >= 0.3 is 5.97 Å². The number of hydrogen-bond donors (Lipinski definition) is 2. The molecule has 0 aliphatic carbocycles. The Bertz CT molecular complexity index is 708. The predicted octanol–water partition coefficient (Wildman–Crippen LogP) is -0.248. The Labute approximate surface area is 122 Å². The van der Waals surface area contributed by atoms with E-state index in [4.69, 9.17) is 5.73 Å². The molecule has 116 valence electrons. The molecule has 1 amide bonds. The maximum absolute atomic E-state index is 12.6. The van der Waals surface area contributed by atoms with Crippen LogP contribution in [0.1, 0.15) is 30.3 Å². The van der Waals surface area contributed by atoms with Crippen molar-refractivity contribution < 1.29 is 23.1 Å². The fourth-order valence-electron chi connectivity index (χ4n) is 2.58. The highest BCUT2D eigenvalue weighted by molar-refractivity contribution is 7.89. The van der Waals surface area contributed by atoms with E-state index < -0.39 is 27.4 Å². The molecule has 1 saturated heterocycles. The van der Waals surface area contributed by atoms with E-state index in [0.29, 0.717) is 6.42 Å². The van der Waals surface area contributed by atoms with Crippen LogP contribution < -0.4 is 5.73 Å². The lowest BCUT2D eigenvalue weighted by Crippen LogP contribution is -2.50. The number of aromatic nitrogens is 1. The van der Waals surface area contributed by atoms with Crippen LogP contribution in [0.25, 0.3) is 0 Å². The van der Waals surface area contributed by atoms with Gasteiger partial charge in [-0.2, -0.15) is 4.31 Å². The first-order valence-corrected chi connectivity index (χ1v) is 7.77. The van der Waals surface area contributed by atoms with Gasteiger partial charge < -0.3 is 15.4 Å². The quantitative estimate of drug-likeness (QED) is 0.793. The number of rotatable bonds is 4. The smallest absolute Gasteiger partial charge is 0.324 e. The lowest BCUT2D eigenvalue weighted by atomic mass is 10.0.